The fourth-order valence-electron chi connectivity index (χ4n) is 2.29. The molecule has 0 aromatic heterocycles. The van der Waals surface area contributed by atoms with E-state index in [-0.39, 0.29) is 11.9 Å². The van der Waals surface area contributed by atoms with E-state index in [0.717, 1.165) is 31.7 Å². The predicted octanol–water partition coefficient (Wildman–Crippen LogP) is 1.43. The van der Waals surface area contributed by atoms with Crippen LogP contribution in [0.5, 0.6) is 0 Å². The molecule has 1 saturated carbocycles. The smallest absolute Gasteiger partial charge is 0.237 e. The molecule has 0 aromatic carbocycles. The van der Waals surface area contributed by atoms with Crippen molar-refractivity contribution >= 4 is 5.91 Å². The van der Waals surface area contributed by atoms with Crippen molar-refractivity contribution in [1.29, 1.82) is 0 Å². The van der Waals surface area contributed by atoms with Crippen molar-refractivity contribution < 1.29 is 4.79 Å². The topological polar surface area (TPSA) is 41.1 Å². The first-order valence-corrected chi connectivity index (χ1v) is 6.33. The van der Waals surface area contributed by atoms with Gasteiger partial charge in [-0.3, -0.25) is 4.79 Å². The summed E-state index contributed by atoms with van der Waals surface area (Å²) >= 11 is 0. The first-order valence-electron chi connectivity index (χ1n) is 6.33. The van der Waals surface area contributed by atoms with Crippen LogP contribution in [0.3, 0.4) is 0 Å². The Morgan fingerprint density at radius 3 is 2.80 bits per heavy atom. The molecule has 1 unspecified atom stereocenters. The van der Waals surface area contributed by atoms with Gasteiger partial charge in [0.15, 0.2) is 0 Å². The van der Waals surface area contributed by atoms with Crippen LogP contribution in [0.25, 0.3) is 0 Å². The van der Waals surface area contributed by atoms with Crippen molar-refractivity contribution in [2.75, 3.05) is 6.54 Å². The Hall–Kier alpha value is -0.570. The Bertz CT molecular complexity index is 220. The van der Waals surface area contributed by atoms with Crippen LogP contribution in [-0.4, -0.2) is 24.5 Å². The fraction of sp³-hybridized carbons (Fsp3) is 0.917. The lowest BCUT2D eigenvalue weighted by atomic mass is 10.1. The van der Waals surface area contributed by atoms with E-state index >= 15 is 0 Å². The normalized spacial score (nSPS) is 27.7. The Kier molecular flexibility index (Phi) is 3.62. The van der Waals surface area contributed by atoms with E-state index in [2.05, 4.69) is 17.6 Å². The van der Waals surface area contributed by atoms with E-state index in [9.17, 15) is 4.79 Å². The van der Waals surface area contributed by atoms with E-state index < -0.39 is 0 Å². The summed E-state index contributed by atoms with van der Waals surface area (Å²) in [6.45, 7) is 3.16. The summed E-state index contributed by atoms with van der Waals surface area (Å²) in [5, 5.41) is 6.42. The summed E-state index contributed by atoms with van der Waals surface area (Å²) in [4.78, 5) is 11.8. The molecule has 1 aliphatic heterocycles. The molecule has 86 valence electrons. The van der Waals surface area contributed by atoms with Crippen molar-refractivity contribution in [2.24, 2.45) is 5.92 Å². The first-order chi connectivity index (χ1) is 7.29. The van der Waals surface area contributed by atoms with Crippen LogP contribution in [-0.2, 0) is 4.79 Å². The van der Waals surface area contributed by atoms with Crippen LogP contribution in [0, 0.1) is 5.92 Å². The minimum absolute atomic E-state index is 0.0817. The molecule has 0 aromatic rings. The third kappa shape index (κ3) is 3.20. The average molecular weight is 210 g/mol. The minimum Gasteiger partial charge on any atom is -0.352 e. The molecule has 2 aliphatic rings. The predicted molar refractivity (Wildman–Crippen MR) is 60.6 cm³/mol. The zero-order valence-electron chi connectivity index (χ0n) is 9.59. The van der Waals surface area contributed by atoms with Gasteiger partial charge in [0.1, 0.15) is 0 Å². The van der Waals surface area contributed by atoms with E-state index in [1.165, 1.54) is 19.3 Å². The largest absolute Gasteiger partial charge is 0.352 e. The fourth-order valence-corrected chi connectivity index (χ4v) is 2.29. The van der Waals surface area contributed by atoms with Crippen LogP contribution < -0.4 is 10.6 Å². The van der Waals surface area contributed by atoms with Crippen molar-refractivity contribution in [3.05, 3.63) is 0 Å². The number of nitrogens with one attached hydrogen (secondary N) is 2. The quantitative estimate of drug-likeness (QED) is 0.721. The van der Waals surface area contributed by atoms with Gasteiger partial charge in [-0.15, -0.1) is 0 Å². The molecular formula is C12H22N2O. The molecule has 0 bridgehead atoms. The second-order valence-corrected chi connectivity index (χ2v) is 4.94. The van der Waals surface area contributed by atoms with Gasteiger partial charge in [-0.25, -0.2) is 0 Å². The van der Waals surface area contributed by atoms with Crippen LogP contribution in [0.4, 0.5) is 0 Å². The second-order valence-electron chi connectivity index (χ2n) is 4.94. The third-order valence-corrected chi connectivity index (χ3v) is 3.53. The lowest BCUT2D eigenvalue weighted by Crippen LogP contribution is -2.45. The maximum absolute atomic E-state index is 11.8. The third-order valence-electron chi connectivity index (χ3n) is 3.53. The first kappa shape index (κ1) is 10.9. The molecule has 1 heterocycles. The molecule has 3 nitrogen and oxygen atoms in total. The lowest BCUT2D eigenvalue weighted by Gasteiger charge is -2.19. The molecular weight excluding hydrogens is 188 g/mol. The molecule has 1 aliphatic carbocycles. The van der Waals surface area contributed by atoms with Crippen molar-refractivity contribution in [1.82, 2.24) is 10.6 Å². The van der Waals surface area contributed by atoms with Gasteiger partial charge in [0.05, 0.1) is 6.04 Å². The molecule has 0 radical (unpaired) electrons. The monoisotopic (exact) mass is 210 g/mol. The zero-order chi connectivity index (χ0) is 10.7. The lowest BCUT2D eigenvalue weighted by molar-refractivity contribution is -0.123. The number of hydrogen-bond donors (Lipinski definition) is 2. The standard InChI is InChI=1S/C12H22N2O/c1-2-10(8-9-5-6-9)14-12(15)11-4-3-7-13-11/h9-11,13H,2-8H2,1H3,(H,14,15)/t10?,11-/m1/s1. The van der Waals surface area contributed by atoms with Crippen molar-refractivity contribution in [2.45, 2.75) is 57.5 Å². The molecule has 2 rings (SSSR count). The van der Waals surface area contributed by atoms with Gasteiger partial charge in [0.2, 0.25) is 5.91 Å². The van der Waals surface area contributed by atoms with Crippen LogP contribution in [0.2, 0.25) is 0 Å². The van der Waals surface area contributed by atoms with Crippen molar-refractivity contribution in [3.63, 3.8) is 0 Å². The molecule has 3 heteroatoms. The SMILES string of the molecule is CCC(CC1CC1)NC(=O)[C@H]1CCCN1. The second kappa shape index (κ2) is 4.97. The van der Waals surface area contributed by atoms with E-state index in [1.54, 1.807) is 0 Å². The molecule has 1 amide bonds. The highest BCUT2D eigenvalue weighted by atomic mass is 16.2. The molecule has 0 spiro atoms. The number of carbonyl (C=O) groups is 1. The Balaban J connectivity index is 1.74. The van der Waals surface area contributed by atoms with Crippen molar-refractivity contribution in [3.8, 4) is 0 Å². The van der Waals surface area contributed by atoms with E-state index in [4.69, 9.17) is 0 Å². The number of carbonyl (C=O) groups excluding carboxylic acids is 1. The van der Waals surface area contributed by atoms with Crippen LogP contribution in [0.15, 0.2) is 0 Å². The highest BCUT2D eigenvalue weighted by Crippen LogP contribution is 2.34. The van der Waals surface area contributed by atoms with Gasteiger partial charge in [-0.2, -0.15) is 0 Å². The summed E-state index contributed by atoms with van der Waals surface area (Å²) in [5.41, 5.74) is 0. The molecule has 1 saturated heterocycles. The van der Waals surface area contributed by atoms with Gasteiger partial charge in [-0.1, -0.05) is 19.8 Å². The maximum Gasteiger partial charge on any atom is 0.237 e. The van der Waals surface area contributed by atoms with E-state index in [0.29, 0.717) is 6.04 Å². The summed E-state index contributed by atoms with van der Waals surface area (Å²) in [6.07, 6.45) is 7.13. The minimum atomic E-state index is 0.0817. The number of rotatable bonds is 5. The Morgan fingerprint density at radius 1 is 1.47 bits per heavy atom. The zero-order valence-corrected chi connectivity index (χ0v) is 9.59. The molecule has 2 N–H and O–H groups in total. The van der Waals surface area contributed by atoms with Crippen LogP contribution in [0.1, 0.15) is 45.4 Å². The number of hydrogen-bond acceptors (Lipinski definition) is 2. The molecule has 2 atom stereocenters. The summed E-state index contributed by atoms with van der Waals surface area (Å²) in [7, 11) is 0. The Labute approximate surface area is 92.0 Å². The number of amides is 1. The van der Waals surface area contributed by atoms with Gasteiger partial charge in [0.25, 0.3) is 0 Å². The van der Waals surface area contributed by atoms with E-state index in [1.807, 2.05) is 0 Å². The van der Waals surface area contributed by atoms with Gasteiger partial charge < -0.3 is 10.6 Å². The van der Waals surface area contributed by atoms with Gasteiger partial charge >= 0.3 is 0 Å². The van der Waals surface area contributed by atoms with Gasteiger partial charge in [0, 0.05) is 6.04 Å². The summed E-state index contributed by atoms with van der Waals surface area (Å²) in [6, 6.07) is 0.491. The molecule has 15 heavy (non-hydrogen) atoms. The highest BCUT2D eigenvalue weighted by molar-refractivity contribution is 5.82. The summed E-state index contributed by atoms with van der Waals surface area (Å²) in [5.74, 6) is 1.12. The Morgan fingerprint density at radius 2 is 2.27 bits per heavy atom. The molecule has 2 fully saturated rings. The van der Waals surface area contributed by atoms with Crippen LogP contribution >= 0.6 is 0 Å². The summed E-state index contributed by atoms with van der Waals surface area (Å²) < 4.78 is 0. The highest BCUT2D eigenvalue weighted by Gasteiger charge is 2.28. The van der Waals surface area contributed by atoms with Gasteiger partial charge in [-0.05, 0) is 38.1 Å². The average Bonchev–Trinajstić information content (AvgIpc) is 2.88. The maximum atomic E-state index is 11.8.